The van der Waals surface area contributed by atoms with Gasteiger partial charge in [0.25, 0.3) is 5.69 Å². The van der Waals surface area contributed by atoms with Gasteiger partial charge in [0.1, 0.15) is 5.69 Å². The second-order valence-electron chi connectivity index (χ2n) is 4.07. The largest absolute Gasteiger partial charge is 0.481 e. The summed E-state index contributed by atoms with van der Waals surface area (Å²) in [5.74, 6) is -0.957. The highest BCUT2D eigenvalue weighted by molar-refractivity contribution is 7.89. The van der Waals surface area contributed by atoms with Crippen molar-refractivity contribution in [2.24, 2.45) is 0 Å². The molecule has 10 heteroatoms. The van der Waals surface area contributed by atoms with Crippen LogP contribution in [0.5, 0.6) is 0 Å². The van der Waals surface area contributed by atoms with E-state index in [1.54, 1.807) is 0 Å². The molecule has 1 rings (SSSR count). The van der Waals surface area contributed by atoms with Crippen LogP contribution in [0.4, 0.5) is 11.4 Å². The van der Waals surface area contributed by atoms with E-state index < -0.39 is 20.9 Å². The van der Waals surface area contributed by atoms with Crippen molar-refractivity contribution in [2.45, 2.75) is 17.7 Å². The number of carboxylic acids is 1. The van der Waals surface area contributed by atoms with Crippen molar-refractivity contribution in [1.29, 1.82) is 0 Å². The third kappa shape index (κ3) is 4.68. The number of carbonyl (C=O) groups is 1. The molecule has 0 saturated carbocycles. The van der Waals surface area contributed by atoms with Gasteiger partial charge in [-0.3, -0.25) is 14.9 Å². The van der Waals surface area contributed by atoms with Crippen molar-refractivity contribution in [3.8, 4) is 0 Å². The van der Waals surface area contributed by atoms with Gasteiger partial charge in [0.05, 0.1) is 9.82 Å². The average Bonchev–Trinajstić information content (AvgIpc) is 2.43. The number of nitrogens with one attached hydrogen (secondary N) is 2. The summed E-state index contributed by atoms with van der Waals surface area (Å²) in [4.78, 5) is 20.4. The van der Waals surface area contributed by atoms with E-state index in [0.717, 1.165) is 6.07 Å². The van der Waals surface area contributed by atoms with Gasteiger partial charge in [0, 0.05) is 19.0 Å². The minimum absolute atomic E-state index is 0.0625. The number of benzene rings is 1. The van der Waals surface area contributed by atoms with Crippen molar-refractivity contribution >= 4 is 27.4 Å². The smallest absolute Gasteiger partial charge is 0.303 e. The van der Waals surface area contributed by atoms with Gasteiger partial charge < -0.3 is 10.4 Å². The lowest BCUT2D eigenvalue weighted by molar-refractivity contribution is -0.384. The highest BCUT2D eigenvalue weighted by atomic mass is 32.2. The summed E-state index contributed by atoms with van der Waals surface area (Å²) in [6, 6.07) is 3.47. The van der Waals surface area contributed by atoms with Crippen molar-refractivity contribution < 1.29 is 23.2 Å². The van der Waals surface area contributed by atoms with E-state index in [1.807, 2.05) is 0 Å². The maximum Gasteiger partial charge on any atom is 0.303 e. The molecule has 1 aromatic carbocycles. The molecule has 0 bridgehead atoms. The fourth-order valence-electron chi connectivity index (χ4n) is 1.56. The summed E-state index contributed by atoms with van der Waals surface area (Å²) in [5, 5.41) is 22.2. The van der Waals surface area contributed by atoms with E-state index >= 15 is 0 Å². The van der Waals surface area contributed by atoms with Crippen molar-refractivity contribution in [3.63, 3.8) is 0 Å². The number of rotatable bonds is 8. The Morgan fingerprint density at radius 1 is 1.43 bits per heavy atom. The molecule has 21 heavy (non-hydrogen) atoms. The van der Waals surface area contributed by atoms with Gasteiger partial charge in [-0.25, -0.2) is 13.1 Å². The maximum atomic E-state index is 11.6. The quantitative estimate of drug-likeness (QED) is 0.366. The van der Waals surface area contributed by atoms with E-state index in [1.165, 1.54) is 19.2 Å². The summed E-state index contributed by atoms with van der Waals surface area (Å²) >= 11 is 0. The number of sulfonamides is 1. The topological polar surface area (TPSA) is 139 Å². The van der Waals surface area contributed by atoms with Gasteiger partial charge in [-0.15, -0.1) is 0 Å². The van der Waals surface area contributed by atoms with Crippen LogP contribution in [0.25, 0.3) is 0 Å². The summed E-state index contributed by atoms with van der Waals surface area (Å²) in [6.45, 7) is 0.227. The van der Waals surface area contributed by atoms with Crippen LogP contribution in [0.2, 0.25) is 0 Å². The van der Waals surface area contributed by atoms with Crippen LogP contribution in [-0.4, -0.2) is 38.0 Å². The van der Waals surface area contributed by atoms with E-state index in [-0.39, 0.29) is 29.2 Å². The first-order valence-electron chi connectivity index (χ1n) is 5.95. The summed E-state index contributed by atoms with van der Waals surface area (Å²) in [7, 11) is -2.56. The number of carboxylic acid groups (broad SMARTS) is 1. The number of aliphatic carboxylic acids is 1. The highest BCUT2D eigenvalue weighted by Crippen LogP contribution is 2.27. The van der Waals surface area contributed by atoms with Crippen LogP contribution in [0.15, 0.2) is 23.1 Å². The predicted molar refractivity (Wildman–Crippen MR) is 74.7 cm³/mol. The zero-order chi connectivity index (χ0) is 16.0. The summed E-state index contributed by atoms with van der Waals surface area (Å²) < 4.78 is 25.3. The molecule has 0 heterocycles. The lowest BCUT2D eigenvalue weighted by atomic mass is 10.2. The standard InChI is InChI=1S/C11H15N3O6S/c1-12-21(19,20)8-4-5-9(10(7-8)14(17)18)13-6-2-3-11(15)16/h4-5,7,12-13H,2-3,6H2,1H3,(H,15,16). The second-order valence-corrected chi connectivity index (χ2v) is 5.95. The zero-order valence-electron chi connectivity index (χ0n) is 11.2. The Labute approximate surface area is 121 Å². The van der Waals surface area contributed by atoms with Crippen molar-refractivity contribution in [1.82, 2.24) is 4.72 Å². The molecule has 0 aliphatic heterocycles. The minimum atomic E-state index is -3.77. The Morgan fingerprint density at radius 3 is 2.62 bits per heavy atom. The van der Waals surface area contributed by atoms with Crippen LogP contribution < -0.4 is 10.0 Å². The number of nitrogens with zero attached hydrogens (tertiary/aromatic N) is 1. The molecule has 116 valence electrons. The molecule has 0 aliphatic carbocycles. The molecular formula is C11H15N3O6S. The Kier molecular flexibility index (Phi) is 5.61. The van der Waals surface area contributed by atoms with Gasteiger partial charge in [0.15, 0.2) is 0 Å². The number of nitro benzene ring substituents is 1. The average molecular weight is 317 g/mol. The molecular weight excluding hydrogens is 302 g/mol. The van der Waals surface area contributed by atoms with Gasteiger partial charge in [-0.1, -0.05) is 0 Å². The van der Waals surface area contributed by atoms with Gasteiger partial charge in [-0.05, 0) is 25.6 Å². The molecule has 3 N–H and O–H groups in total. The first-order valence-corrected chi connectivity index (χ1v) is 7.44. The summed E-state index contributed by atoms with van der Waals surface area (Å²) in [6.07, 6.45) is 0.232. The van der Waals surface area contributed by atoms with Gasteiger partial charge >= 0.3 is 5.97 Å². The van der Waals surface area contributed by atoms with E-state index in [4.69, 9.17) is 5.11 Å². The van der Waals surface area contributed by atoms with E-state index in [0.29, 0.717) is 6.42 Å². The summed E-state index contributed by atoms with van der Waals surface area (Å²) in [5.41, 5.74) is -0.248. The van der Waals surface area contributed by atoms with E-state index in [9.17, 15) is 23.3 Å². The van der Waals surface area contributed by atoms with Gasteiger partial charge in [0.2, 0.25) is 10.0 Å². The Balaban J connectivity index is 2.95. The van der Waals surface area contributed by atoms with Crippen molar-refractivity contribution in [3.05, 3.63) is 28.3 Å². The highest BCUT2D eigenvalue weighted by Gasteiger charge is 2.20. The molecule has 9 nitrogen and oxygen atoms in total. The Hall–Kier alpha value is -2.20. The first-order chi connectivity index (χ1) is 9.77. The second kappa shape index (κ2) is 6.99. The molecule has 0 saturated heterocycles. The minimum Gasteiger partial charge on any atom is -0.481 e. The molecule has 0 aromatic heterocycles. The Bertz CT molecular complexity index is 643. The zero-order valence-corrected chi connectivity index (χ0v) is 12.0. The van der Waals surface area contributed by atoms with Crippen LogP contribution >= 0.6 is 0 Å². The fraction of sp³-hybridized carbons (Fsp3) is 0.364. The number of nitro groups is 1. The Morgan fingerprint density at radius 2 is 2.10 bits per heavy atom. The van der Waals surface area contributed by atoms with Crippen LogP contribution in [-0.2, 0) is 14.8 Å². The molecule has 0 aliphatic rings. The monoisotopic (exact) mass is 317 g/mol. The fourth-order valence-corrected chi connectivity index (χ4v) is 2.31. The molecule has 0 unspecified atom stereocenters. The maximum absolute atomic E-state index is 11.6. The molecule has 0 amide bonds. The number of hydrogen-bond donors (Lipinski definition) is 3. The molecule has 1 aromatic rings. The number of anilines is 1. The van der Waals surface area contributed by atoms with Crippen LogP contribution in [0.3, 0.4) is 0 Å². The van der Waals surface area contributed by atoms with E-state index in [2.05, 4.69) is 10.0 Å². The lowest BCUT2D eigenvalue weighted by Gasteiger charge is -2.08. The molecule has 0 atom stereocenters. The first kappa shape index (κ1) is 16.9. The SMILES string of the molecule is CNS(=O)(=O)c1ccc(NCCCC(=O)O)c([N+](=O)[O-])c1. The van der Waals surface area contributed by atoms with Crippen molar-refractivity contribution in [2.75, 3.05) is 18.9 Å². The third-order valence-electron chi connectivity index (χ3n) is 2.63. The molecule has 0 radical (unpaired) electrons. The predicted octanol–water partition coefficient (Wildman–Crippen LogP) is 0.780. The third-order valence-corrected chi connectivity index (χ3v) is 4.04. The van der Waals surface area contributed by atoms with Crippen LogP contribution in [0, 0.1) is 10.1 Å². The molecule has 0 spiro atoms. The lowest BCUT2D eigenvalue weighted by Crippen LogP contribution is -2.18. The van der Waals surface area contributed by atoms with Gasteiger partial charge in [-0.2, -0.15) is 0 Å². The number of hydrogen-bond acceptors (Lipinski definition) is 6. The normalized spacial score (nSPS) is 11.1. The molecule has 0 fully saturated rings. The van der Waals surface area contributed by atoms with Crippen LogP contribution in [0.1, 0.15) is 12.8 Å².